The van der Waals surface area contributed by atoms with Crippen LogP contribution in [0, 0.1) is 36.0 Å². The topological polar surface area (TPSA) is 246 Å². The molecule has 430 valence electrons. The molecule has 10 rings (SSSR count). The van der Waals surface area contributed by atoms with Gasteiger partial charge in [-0.05, 0) is 104 Å². The molecule has 5 aliphatic rings. The Balaban J connectivity index is 0.628. The van der Waals surface area contributed by atoms with Crippen LogP contribution in [0.25, 0.3) is 16.1 Å². The van der Waals surface area contributed by atoms with E-state index in [0.29, 0.717) is 61.6 Å². The Hall–Kier alpha value is -6.39. The maximum Gasteiger partial charge on any atom is 0.255 e. The minimum Gasteiger partial charge on any atom is -0.391 e. The lowest BCUT2D eigenvalue weighted by Crippen LogP contribution is -2.57. The summed E-state index contributed by atoms with van der Waals surface area (Å²) in [5, 5.41) is 35.8. The summed E-state index contributed by atoms with van der Waals surface area (Å²) in [7, 11) is 0. The Kier molecular flexibility index (Phi) is 18.6. The average Bonchev–Trinajstić information content (AvgIpc) is 4.34. The van der Waals surface area contributed by atoms with Crippen LogP contribution in [0.3, 0.4) is 0 Å². The van der Waals surface area contributed by atoms with Crippen LogP contribution in [0.5, 0.6) is 0 Å². The minimum atomic E-state index is -0.942. The van der Waals surface area contributed by atoms with Gasteiger partial charge in [0.1, 0.15) is 17.8 Å². The van der Waals surface area contributed by atoms with E-state index in [1.54, 1.807) is 40.5 Å². The van der Waals surface area contributed by atoms with Crippen molar-refractivity contribution in [2.24, 2.45) is 29.1 Å². The SMILES string of the molecule is Cc1ncsc1-c1ccc(CNC(=O)[C@@H]2C[C@@H](O)CN2C(=O)[C@@H](NC(=O)CCOCCOCCOCCn2cc(CNC(=O)c3ccc(-n4ncc(C(=O)NC5C6CC7CC(C6)CC5C7)c4C(C)(C)C)cc3)nn2)C(C)(C)C)cc1. The van der Waals surface area contributed by atoms with Crippen molar-refractivity contribution < 1.29 is 43.3 Å². The standard InChI is InChI=1S/C59H79N11O9S/c1-36-51(80-35-62-36)40-10-8-37(9-11-40)30-60-56(75)48-29-46(71)34-69(48)57(76)52(58(2,3)4)64-49(72)16-18-77-20-22-79-23-21-78-19-17-68-33-44(66-67-68)31-61-54(73)41-12-14-45(15-13-41)70-53(59(5,6)7)47(32-63-70)55(74)65-50-42-25-38-24-39(27-42)28-43(50)26-38/h8-15,32-33,35,38-39,42-43,46,48,50,52,71H,16-31,34H2,1-7H3,(H,60,75)(H,61,73)(H,64,72)(H,65,74)/t38?,39?,42?,43?,46-,48+,50?,52-/m1/s1. The van der Waals surface area contributed by atoms with Crippen molar-refractivity contribution in [2.45, 2.75) is 143 Å². The van der Waals surface area contributed by atoms with Gasteiger partial charge >= 0.3 is 0 Å². The predicted octanol–water partition coefficient (Wildman–Crippen LogP) is 5.93. The molecular formula is C59H79N11O9S. The number of amides is 5. The monoisotopic (exact) mass is 1120 g/mol. The number of ether oxygens (including phenoxy) is 3. The molecule has 0 radical (unpaired) electrons. The Morgan fingerprint density at radius 1 is 0.787 bits per heavy atom. The third kappa shape index (κ3) is 14.4. The summed E-state index contributed by atoms with van der Waals surface area (Å²) in [5.74, 6) is 1.34. The summed E-state index contributed by atoms with van der Waals surface area (Å²) in [6.45, 7) is 16.3. The fourth-order valence-corrected chi connectivity index (χ4v) is 13.1. The smallest absolute Gasteiger partial charge is 0.255 e. The number of carbonyl (C=O) groups excluding carboxylic acids is 5. The molecule has 3 atom stereocenters. The van der Waals surface area contributed by atoms with Gasteiger partial charge in [-0.25, -0.2) is 14.3 Å². The molecule has 0 spiro atoms. The van der Waals surface area contributed by atoms with E-state index in [0.717, 1.165) is 44.9 Å². The van der Waals surface area contributed by atoms with Gasteiger partial charge < -0.3 is 45.5 Å². The summed E-state index contributed by atoms with van der Waals surface area (Å²) in [6.07, 6.45) is 8.98. The number of rotatable bonds is 24. The average molecular weight is 1120 g/mol. The largest absolute Gasteiger partial charge is 0.391 e. The molecule has 4 bridgehead atoms. The highest BCUT2D eigenvalue weighted by molar-refractivity contribution is 7.13. The second-order valence-corrected chi connectivity index (χ2v) is 25.1. The van der Waals surface area contributed by atoms with Gasteiger partial charge in [0.25, 0.3) is 11.8 Å². The van der Waals surface area contributed by atoms with Crippen molar-refractivity contribution in [3.8, 4) is 16.1 Å². The number of nitrogens with one attached hydrogen (secondary N) is 4. The zero-order chi connectivity index (χ0) is 56.7. The molecule has 4 heterocycles. The maximum atomic E-state index is 14.0. The van der Waals surface area contributed by atoms with Crippen LogP contribution >= 0.6 is 11.3 Å². The normalized spacial score (nSPS) is 21.9. The van der Waals surface area contributed by atoms with Crippen LogP contribution in [0.2, 0.25) is 0 Å². The third-order valence-electron chi connectivity index (χ3n) is 16.0. The second-order valence-electron chi connectivity index (χ2n) is 24.2. The molecule has 5 fully saturated rings. The maximum absolute atomic E-state index is 14.0. The van der Waals surface area contributed by atoms with Crippen LogP contribution in [0.15, 0.2) is 66.4 Å². The number of thiazole rings is 1. The predicted molar refractivity (Wildman–Crippen MR) is 300 cm³/mol. The van der Waals surface area contributed by atoms with E-state index in [1.165, 1.54) is 37.0 Å². The van der Waals surface area contributed by atoms with Gasteiger partial charge in [0, 0.05) is 43.0 Å². The Morgan fingerprint density at radius 3 is 2.09 bits per heavy atom. The molecule has 80 heavy (non-hydrogen) atoms. The second kappa shape index (κ2) is 25.6. The number of aliphatic hydroxyl groups excluding tert-OH is 1. The molecule has 20 nitrogen and oxygen atoms in total. The van der Waals surface area contributed by atoms with E-state index in [4.69, 9.17) is 19.3 Å². The van der Waals surface area contributed by atoms with Crippen molar-refractivity contribution in [2.75, 3.05) is 46.2 Å². The van der Waals surface area contributed by atoms with Crippen molar-refractivity contribution >= 4 is 40.9 Å². The Morgan fingerprint density at radius 2 is 1.45 bits per heavy atom. The van der Waals surface area contributed by atoms with Crippen molar-refractivity contribution in [1.29, 1.82) is 0 Å². The van der Waals surface area contributed by atoms with E-state index in [9.17, 15) is 29.1 Å². The van der Waals surface area contributed by atoms with Gasteiger partial charge in [-0.3, -0.25) is 24.0 Å². The molecule has 1 aliphatic heterocycles. The summed E-state index contributed by atoms with van der Waals surface area (Å²) < 4.78 is 20.5. The van der Waals surface area contributed by atoms with Crippen molar-refractivity contribution in [3.63, 3.8) is 0 Å². The number of nitrogens with zero attached hydrogens (tertiary/aromatic N) is 7. The van der Waals surface area contributed by atoms with Gasteiger partial charge in [-0.1, -0.05) is 71.0 Å². The lowest BCUT2D eigenvalue weighted by Gasteiger charge is -2.54. The highest BCUT2D eigenvalue weighted by atomic mass is 32.1. The Labute approximate surface area is 472 Å². The Bertz CT molecular complexity index is 2910. The highest BCUT2D eigenvalue weighted by Gasteiger charge is 2.49. The van der Waals surface area contributed by atoms with Crippen LogP contribution in [-0.2, 0) is 53.6 Å². The van der Waals surface area contributed by atoms with Gasteiger partial charge in [0.2, 0.25) is 17.7 Å². The number of likely N-dealkylation sites (tertiary alicyclic amines) is 1. The van der Waals surface area contributed by atoms with Gasteiger partial charge in [-0.15, -0.1) is 16.4 Å². The van der Waals surface area contributed by atoms with Crippen LogP contribution in [-0.4, -0.2) is 140 Å². The molecule has 21 heteroatoms. The fourth-order valence-electron chi connectivity index (χ4n) is 12.3. The van der Waals surface area contributed by atoms with Crippen LogP contribution in [0.1, 0.15) is 130 Å². The number of carbonyl (C=O) groups is 5. The number of β-amino-alcohol motifs (C(OH)–C–C–N with tert-alkyl or cyclic N) is 1. The van der Waals surface area contributed by atoms with E-state index >= 15 is 0 Å². The lowest BCUT2D eigenvalue weighted by molar-refractivity contribution is -0.144. The first-order chi connectivity index (χ1) is 38.3. The number of aromatic nitrogens is 6. The molecule has 3 aromatic heterocycles. The summed E-state index contributed by atoms with van der Waals surface area (Å²) in [5.41, 5.74) is 6.93. The molecule has 0 unspecified atom stereocenters. The van der Waals surface area contributed by atoms with Crippen molar-refractivity contribution in [3.05, 3.63) is 100 Å². The molecule has 1 saturated heterocycles. The third-order valence-corrected chi connectivity index (χ3v) is 17.0. The first-order valence-corrected chi connectivity index (χ1v) is 29.1. The summed E-state index contributed by atoms with van der Waals surface area (Å²) in [6, 6.07) is 13.5. The molecule has 4 saturated carbocycles. The first kappa shape index (κ1) is 58.3. The number of hydrogen-bond acceptors (Lipinski definition) is 14. The van der Waals surface area contributed by atoms with Crippen LogP contribution in [0.4, 0.5) is 0 Å². The van der Waals surface area contributed by atoms with Gasteiger partial charge in [0.05, 0.1) is 104 Å². The van der Waals surface area contributed by atoms with E-state index < -0.39 is 29.5 Å². The molecule has 4 aliphatic carbocycles. The molecular weight excluding hydrogens is 1040 g/mol. The van der Waals surface area contributed by atoms with Crippen molar-refractivity contribution in [1.82, 2.24) is 55.9 Å². The first-order valence-electron chi connectivity index (χ1n) is 28.2. The lowest BCUT2D eigenvalue weighted by atomic mass is 9.54. The fraction of sp³-hybridized carbons (Fsp3) is 0.576. The quantitative estimate of drug-likeness (QED) is 0.0451. The van der Waals surface area contributed by atoms with E-state index in [-0.39, 0.29) is 80.8 Å². The highest BCUT2D eigenvalue weighted by Crippen LogP contribution is 2.54. The molecule has 5 N–H and O–H groups in total. The molecule has 5 aromatic rings. The van der Waals surface area contributed by atoms with E-state index in [1.807, 2.05) is 74.3 Å². The number of hydrogen-bond donors (Lipinski definition) is 5. The number of aryl methyl sites for hydroxylation is 1. The van der Waals surface area contributed by atoms with Gasteiger partial charge in [-0.2, -0.15) is 5.10 Å². The minimum absolute atomic E-state index is 0.0126. The zero-order valence-electron chi connectivity index (χ0n) is 47.2. The number of benzene rings is 2. The van der Waals surface area contributed by atoms with Gasteiger partial charge in [0.15, 0.2) is 0 Å². The molecule has 5 amide bonds. The zero-order valence-corrected chi connectivity index (χ0v) is 48.1. The molecule has 2 aromatic carbocycles. The summed E-state index contributed by atoms with van der Waals surface area (Å²) >= 11 is 1.57. The van der Waals surface area contributed by atoms with E-state index in [2.05, 4.69) is 57.3 Å². The van der Waals surface area contributed by atoms with Crippen LogP contribution < -0.4 is 21.3 Å². The number of aliphatic hydroxyl groups is 1. The summed E-state index contributed by atoms with van der Waals surface area (Å²) in [4.78, 5) is 74.4.